The van der Waals surface area contributed by atoms with Crippen LogP contribution in [0.2, 0.25) is 0 Å². The second-order valence-electron chi connectivity index (χ2n) is 10.3. The van der Waals surface area contributed by atoms with E-state index < -0.39 is 11.6 Å². The highest BCUT2D eigenvalue weighted by atomic mass is 35.5. The third-order valence-electron chi connectivity index (χ3n) is 7.35. The van der Waals surface area contributed by atoms with E-state index in [1.165, 1.54) is 0 Å². The molecule has 0 saturated carbocycles. The van der Waals surface area contributed by atoms with E-state index in [9.17, 15) is 5.11 Å². The Morgan fingerprint density at radius 1 is 0.739 bits per heavy atom. The lowest BCUT2D eigenvalue weighted by Gasteiger charge is -2.30. The number of benzene rings is 4. The Labute approximate surface area is 275 Å². The van der Waals surface area contributed by atoms with Gasteiger partial charge in [0.15, 0.2) is 22.9 Å². The van der Waals surface area contributed by atoms with Gasteiger partial charge >= 0.3 is 0 Å². The summed E-state index contributed by atoms with van der Waals surface area (Å²) < 4.78 is 16.3. The topological polar surface area (TPSA) is 110 Å². The van der Waals surface area contributed by atoms with Gasteiger partial charge in [0.05, 0.1) is 14.2 Å². The van der Waals surface area contributed by atoms with Crippen molar-refractivity contribution in [1.82, 2.24) is 15.5 Å². The van der Waals surface area contributed by atoms with Gasteiger partial charge in [-0.05, 0) is 53.4 Å². The Morgan fingerprint density at radius 2 is 1.33 bits per heavy atom. The number of halogens is 1. The number of rotatable bonds is 15. The number of hydrogen-bond donors (Lipinski definition) is 2. The lowest BCUT2D eigenvalue weighted by atomic mass is 9.78. The van der Waals surface area contributed by atoms with Crippen molar-refractivity contribution >= 4 is 18.2 Å². The standard InChI is InChI=1S/C36H37N5O4.ClH/c1-43-32-19-18-27(24-33(32)44-2)22-23-37-25-31(42)26-45-35-21-20-34(38-40-35)39-41-36(28-12-6-3-7-13-28,29-14-8-4-9-15-29)30-16-10-5-11-17-30;/h3-21,24,31,37,42H,22-23,25-26H2,1-2H3;1H. The molecule has 0 radical (unpaired) electrons. The van der Waals surface area contributed by atoms with Crippen molar-refractivity contribution in [3.8, 4) is 17.4 Å². The van der Waals surface area contributed by atoms with Gasteiger partial charge in [-0.15, -0.1) is 27.7 Å². The lowest BCUT2D eigenvalue weighted by molar-refractivity contribution is 0.103. The van der Waals surface area contributed by atoms with Gasteiger partial charge < -0.3 is 24.6 Å². The number of nitrogens with zero attached hydrogens (tertiary/aromatic N) is 4. The molecule has 238 valence electrons. The van der Waals surface area contributed by atoms with Gasteiger partial charge in [-0.2, -0.15) is 5.11 Å². The van der Waals surface area contributed by atoms with Crippen molar-refractivity contribution in [3.05, 3.63) is 144 Å². The van der Waals surface area contributed by atoms with E-state index in [2.05, 4.69) is 57.0 Å². The van der Waals surface area contributed by atoms with Crippen molar-refractivity contribution < 1.29 is 19.3 Å². The minimum absolute atomic E-state index is 0. The van der Waals surface area contributed by atoms with Crippen LogP contribution in [0.5, 0.6) is 17.4 Å². The van der Waals surface area contributed by atoms with E-state index in [1.807, 2.05) is 72.8 Å². The second kappa shape index (κ2) is 17.0. The van der Waals surface area contributed by atoms with E-state index in [-0.39, 0.29) is 19.0 Å². The molecule has 1 heterocycles. The van der Waals surface area contributed by atoms with Crippen molar-refractivity contribution in [1.29, 1.82) is 0 Å². The van der Waals surface area contributed by atoms with Gasteiger partial charge in [-0.1, -0.05) is 97.1 Å². The number of ether oxygens (including phenoxy) is 3. The summed E-state index contributed by atoms with van der Waals surface area (Å²) >= 11 is 0. The zero-order chi connectivity index (χ0) is 31.3. The molecule has 4 aromatic carbocycles. The highest BCUT2D eigenvalue weighted by Crippen LogP contribution is 2.41. The molecule has 1 atom stereocenters. The summed E-state index contributed by atoms with van der Waals surface area (Å²) in [5.41, 5.74) is 3.14. The summed E-state index contributed by atoms with van der Waals surface area (Å²) in [7, 11) is 3.23. The Kier molecular flexibility index (Phi) is 12.6. The average Bonchev–Trinajstić information content (AvgIpc) is 3.11. The number of hydrogen-bond acceptors (Lipinski definition) is 9. The third-order valence-corrected chi connectivity index (χ3v) is 7.35. The fourth-order valence-electron chi connectivity index (χ4n) is 5.06. The molecule has 0 aliphatic carbocycles. The molecule has 1 unspecified atom stereocenters. The molecule has 1 aromatic heterocycles. The van der Waals surface area contributed by atoms with Crippen LogP contribution in [-0.4, -0.2) is 55.3 Å². The minimum atomic E-state index is -0.892. The van der Waals surface area contributed by atoms with Crippen LogP contribution in [0.3, 0.4) is 0 Å². The third kappa shape index (κ3) is 8.45. The highest BCUT2D eigenvalue weighted by Gasteiger charge is 2.36. The van der Waals surface area contributed by atoms with E-state index in [0.29, 0.717) is 36.3 Å². The number of aliphatic hydroxyl groups is 1. The van der Waals surface area contributed by atoms with Crippen LogP contribution in [0.15, 0.2) is 132 Å². The second-order valence-corrected chi connectivity index (χ2v) is 10.3. The minimum Gasteiger partial charge on any atom is -0.493 e. The van der Waals surface area contributed by atoms with Crippen LogP contribution in [0.4, 0.5) is 5.82 Å². The first-order chi connectivity index (χ1) is 22.1. The van der Waals surface area contributed by atoms with Crippen molar-refractivity contribution in [2.24, 2.45) is 10.2 Å². The maximum atomic E-state index is 10.4. The SMILES string of the molecule is COc1ccc(CCNCC(O)COc2ccc(N=NC(c3ccccc3)(c3ccccc3)c3ccccc3)nn2)cc1OC.Cl. The Hall–Kier alpha value is -4.83. The molecular formula is C36H38ClN5O4. The van der Waals surface area contributed by atoms with Crippen LogP contribution in [0, 0.1) is 0 Å². The van der Waals surface area contributed by atoms with Crippen molar-refractivity contribution in [2.75, 3.05) is 33.9 Å². The number of nitrogens with one attached hydrogen (secondary N) is 1. The first-order valence-corrected chi connectivity index (χ1v) is 14.8. The number of methoxy groups -OCH3 is 2. The van der Waals surface area contributed by atoms with Crippen LogP contribution in [0.1, 0.15) is 22.3 Å². The van der Waals surface area contributed by atoms with Gasteiger partial charge in [-0.25, -0.2) is 0 Å². The van der Waals surface area contributed by atoms with Gasteiger partial charge in [0.1, 0.15) is 12.7 Å². The molecule has 0 amide bonds. The molecule has 10 heteroatoms. The lowest BCUT2D eigenvalue weighted by Crippen LogP contribution is -2.32. The molecule has 0 spiro atoms. The van der Waals surface area contributed by atoms with E-state index in [4.69, 9.17) is 19.3 Å². The van der Waals surface area contributed by atoms with E-state index in [0.717, 1.165) is 28.7 Å². The van der Waals surface area contributed by atoms with Gasteiger partial charge in [0.2, 0.25) is 5.88 Å². The quantitative estimate of drug-likeness (QED) is 0.0758. The summed E-state index contributed by atoms with van der Waals surface area (Å²) in [6.07, 6.45) is 0.0509. The van der Waals surface area contributed by atoms with Gasteiger partial charge in [0, 0.05) is 12.6 Å². The predicted molar refractivity (Wildman–Crippen MR) is 181 cm³/mol. The number of aliphatic hydroxyl groups excluding tert-OH is 1. The van der Waals surface area contributed by atoms with Gasteiger partial charge in [0.25, 0.3) is 0 Å². The molecule has 0 bridgehead atoms. The summed E-state index contributed by atoms with van der Waals surface area (Å²) in [5, 5.41) is 31.5. The van der Waals surface area contributed by atoms with Crippen LogP contribution in [-0.2, 0) is 12.0 Å². The molecule has 9 nitrogen and oxygen atoms in total. The highest BCUT2D eigenvalue weighted by molar-refractivity contribution is 5.85. The molecule has 46 heavy (non-hydrogen) atoms. The molecule has 5 rings (SSSR count). The number of azo groups is 1. The van der Waals surface area contributed by atoms with E-state index >= 15 is 0 Å². The number of aromatic nitrogens is 2. The molecular weight excluding hydrogens is 602 g/mol. The molecule has 0 fully saturated rings. The monoisotopic (exact) mass is 639 g/mol. The first kappa shape index (κ1) is 34.1. The maximum absolute atomic E-state index is 10.4. The average molecular weight is 640 g/mol. The molecule has 2 N–H and O–H groups in total. The largest absolute Gasteiger partial charge is 0.493 e. The molecule has 5 aromatic rings. The maximum Gasteiger partial charge on any atom is 0.233 e. The van der Waals surface area contributed by atoms with Crippen LogP contribution >= 0.6 is 12.4 Å². The Morgan fingerprint density at radius 3 is 1.85 bits per heavy atom. The van der Waals surface area contributed by atoms with Crippen molar-refractivity contribution in [2.45, 2.75) is 18.1 Å². The van der Waals surface area contributed by atoms with Gasteiger partial charge in [-0.3, -0.25) is 0 Å². The zero-order valence-corrected chi connectivity index (χ0v) is 26.6. The fraction of sp³-hybridized carbons (Fsp3) is 0.222. The molecule has 0 aliphatic rings. The van der Waals surface area contributed by atoms with Crippen molar-refractivity contribution in [3.63, 3.8) is 0 Å². The smallest absolute Gasteiger partial charge is 0.233 e. The summed E-state index contributed by atoms with van der Waals surface area (Å²) in [6.45, 7) is 1.12. The summed E-state index contributed by atoms with van der Waals surface area (Å²) in [5.74, 6) is 2.02. The summed E-state index contributed by atoms with van der Waals surface area (Å²) in [4.78, 5) is 0. The predicted octanol–water partition coefficient (Wildman–Crippen LogP) is 6.56. The normalized spacial score (nSPS) is 11.9. The Bertz CT molecular complexity index is 1550. The fourth-order valence-corrected chi connectivity index (χ4v) is 5.06. The molecule has 0 saturated heterocycles. The first-order valence-electron chi connectivity index (χ1n) is 14.8. The van der Waals surface area contributed by atoms with Crippen LogP contribution in [0.25, 0.3) is 0 Å². The van der Waals surface area contributed by atoms with Crippen LogP contribution < -0.4 is 19.5 Å². The summed E-state index contributed by atoms with van der Waals surface area (Å²) in [6, 6.07) is 39.5. The van der Waals surface area contributed by atoms with E-state index in [1.54, 1.807) is 26.4 Å². The molecule has 0 aliphatic heterocycles. The zero-order valence-electron chi connectivity index (χ0n) is 25.8. The Balaban J connectivity index is 0.00000480.